The molecule has 0 aliphatic carbocycles. The minimum atomic E-state index is -4.67. The van der Waals surface area contributed by atoms with E-state index in [0.29, 0.717) is 5.56 Å². The zero-order valence-corrected chi connectivity index (χ0v) is 12.0. The van der Waals surface area contributed by atoms with Gasteiger partial charge in [0.25, 0.3) is 0 Å². The number of benzene rings is 1. The van der Waals surface area contributed by atoms with E-state index in [4.69, 9.17) is 0 Å². The Morgan fingerprint density at radius 3 is 2.30 bits per heavy atom. The van der Waals surface area contributed by atoms with Gasteiger partial charge in [-0.15, -0.1) is 13.2 Å². The molecule has 1 unspecified atom stereocenters. The second-order valence-corrected chi connectivity index (χ2v) is 6.23. The molecule has 0 spiro atoms. The second-order valence-electron chi connectivity index (χ2n) is 6.23. The van der Waals surface area contributed by atoms with Crippen molar-refractivity contribution in [3.63, 3.8) is 0 Å². The molecule has 0 amide bonds. The first kappa shape index (κ1) is 15.2. The van der Waals surface area contributed by atoms with Crippen LogP contribution in [0.2, 0.25) is 0 Å². The summed E-state index contributed by atoms with van der Waals surface area (Å²) in [4.78, 5) is 0. The van der Waals surface area contributed by atoms with E-state index in [9.17, 15) is 13.2 Å². The average molecular weight is 287 g/mol. The Balaban J connectivity index is 2.50. The molecular weight excluding hydrogens is 267 g/mol. The fourth-order valence-corrected chi connectivity index (χ4v) is 3.05. The Hall–Kier alpha value is -1.23. The van der Waals surface area contributed by atoms with Gasteiger partial charge in [0.1, 0.15) is 5.75 Å². The third-order valence-corrected chi connectivity index (χ3v) is 4.01. The van der Waals surface area contributed by atoms with E-state index in [-0.39, 0.29) is 11.2 Å². The van der Waals surface area contributed by atoms with E-state index in [0.717, 1.165) is 19.4 Å². The molecule has 5 heteroatoms. The molecule has 1 N–H and O–H groups in total. The van der Waals surface area contributed by atoms with Crippen LogP contribution in [0.3, 0.4) is 0 Å². The van der Waals surface area contributed by atoms with Crippen LogP contribution in [0.25, 0.3) is 0 Å². The van der Waals surface area contributed by atoms with Crippen LogP contribution in [-0.2, 0) is 5.54 Å². The van der Waals surface area contributed by atoms with Gasteiger partial charge >= 0.3 is 6.36 Å². The maximum absolute atomic E-state index is 12.6. The standard InChI is InChI=1S/C15H20F3NO/c1-13(2,3)14(9-6-10-19-14)11-7-4-5-8-12(11)20-15(16,17)18/h4-5,7-8,19H,6,9-10H2,1-3H3. The SMILES string of the molecule is CC(C)(C)C1(c2ccccc2OC(F)(F)F)CCCN1. The van der Waals surface area contributed by atoms with Crippen molar-refractivity contribution in [3.8, 4) is 5.75 Å². The quantitative estimate of drug-likeness (QED) is 0.879. The van der Waals surface area contributed by atoms with Gasteiger partial charge in [-0.3, -0.25) is 0 Å². The Morgan fingerprint density at radius 2 is 1.80 bits per heavy atom. The number of alkyl halides is 3. The molecule has 1 atom stereocenters. The molecule has 1 aromatic carbocycles. The van der Waals surface area contributed by atoms with E-state index >= 15 is 0 Å². The number of ether oxygens (including phenoxy) is 1. The average Bonchev–Trinajstić information content (AvgIpc) is 2.77. The summed E-state index contributed by atoms with van der Waals surface area (Å²) >= 11 is 0. The third-order valence-electron chi connectivity index (χ3n) is 4.01. The maximum Gasteiger partial charge on any atom is 0.573 e. The predicted molar refractivity (Wildman–Crippen MR) is 71.5 cm³/mol. The van der Waals surface area contributed by atoms with Crippen LogP contribution in [0.15, 0.2) is 24.3 Å². The highest BCUT2D eigenvalue weighted by atomic mass is 19.4. The lowest BCUT2D eigenvalue weighted by molar-refractivity contribution is -0.275. The number of nitrogens with one attached hydrogen (secondary N) is 1. The Morgan fingerprint density at radius 1 is 1.15 bits per heavy atom. The summed E-state index contributed by atoms with van der Waals surface area (Å²) < 4.78 is 42.0. The van der Waals surface area contributed by atoms with Crippen molar-refractivity contribution in [1.82, 2.24) is 5.32 Å². The van der Waals surface area contributed by atoms with E-state index in [1.807, 2.05) is 20.8 Å². The molecule has 0 aromatic heterocycles. The van der Waals surface area contributed by atoms with Gasteiger partial charge in [-0.05, 0) is 30.9 Å². The molecule has 1 aliphatic heterocycles. The fourth-order valence-electron chi connectivity index (χ4n) is 3.05. The minimum Gasteiger partial charge on any atom is -0.405 e. The molecule has 1 saturated heterocycles. The summed E-state index contributed by atoms with van der Waals surface area (Å²) in [5.41, 5.74) is -0.119. The van der Waals surface area contributed by atoms with Crippen molar-refractivity contribution in [2.75, 3.05) is 6.54 Å². The van der Waals surface area contributed by atoms with Crippen molar-refractivity contribution < 1.29 is 17.9 Å². The van der Waals surface area contributed by atoms with Crippen LogP contribution in [0, 0.1) is 5.41 Å². The smallest absolute Gasteiger partial charge is 0.405 e. The van der Waals surface area contributed by atoms with Gasteiger partial charge in [0.2, 0.25) is 0 Å². The molecule has 1 heterocycles. The van der Waals surface area contributed by atoms with Crippen LogP contribution in [0.5, 0.6) is 5.75 Å². The van der Waals surface area contributed by atoms with E-state index in [1.165, 1.54) is 6.07 Å². The summed E-state index contributed by atoms with van der Waals surface area (Å²) in [6.45, 7) is 6.92. The van der Waals surface area contributed by atoms with Gasteiger partial charge in [-0.1, -0.05) is 39.0 Å². The summed E-state index contributed by atoms with van der Waals surface area (Å²) in [6.07, 6.45) is -2.93. The highest BCUT2D eigenvalue weighted by molar-refractivity contribution is 5.41. The lowest BCUT2D eigenvalue weighted by Gasteiger charge is -2.43. The Kier molecular flexibility index (Phi) is 3.75. The largest absolute Gasteiger partial charge is 0.573 e. The van der Waals surface area contributed by atoms with Crippen LogP contribution in [0.4, 0.5) is 13.2 Å². The minimum absolute atomic E-state index is 0.107. The Labute approximate surface area is 117 Å². The normalized spacial score (nSPS) is 23.9. The second kappa shape index (κ2) is 4.95. The van der Waals surface area contributed by atoms with Crippen molar-refractivity contribution in [1.29, 1.82) is 0 Å². The van der Waals surface area contributed by atoms with Gasteiger partial charge < -0.3 is 10.1 Å². The number of rotatable bonds is 2. The molecule has 0 radical (unpaired) electrons. The molecular formula is C15H20F3NO. The van der Waals surface area contributed by atoms with Gasteiger partial charge in [0.15, 0.2) is 0 Å². The molecule has 20 heavy (non-hydrogen) atoms. The van der Waals surface area contributed by atoms with Crippen LogP contribution in [0.1, 0.15) is 39.2 Å². The molecule has 0 bridgehead atoms. The molecule has 0 saturated carbocycles. The molecule has 112 valence electrons. The fraction of sp³-hybridized carbons (Fsp3) is 0.600. The van der Waals surface area contributed by atoms with Crippen molar-refractivity contribution in [3.05, 3.63) is 29.8 Å². The number of hydrogen-bond donors (Lipinski definition) is 1. The zero-order chi connectivity index (χ0) is 15.0. The molecule has 1 aliphatic rings. The molecule has 2 rings (SSSR count). The first-order valence-electron chi connectivity index (χ1n) is 6.76. The highest BCUT2D eigenvalue weighted by Crippen LogP contribution is 2.48. The van der Waals surface area contributed by atoms with E-state index in [2.05, 4.69) is 10.1 Å². The Bertz CT molecular complexity index is 471. The van der Waals surface area contributed by atoms with Crippen molar-refractivity contribution >= 4 is 0 Å². The van der Waals surface area contributed by atoms with Gasteiger partial charge in [-0.2, -0.15) is 0 Å². The first-order chi connectivity index (χ1) is 9.16. The van der Waals surface area contributed by atoms with Crippen molar-refractivity contribution in [2.45, 2.75) is 45.5 Å². The highest BCUT2D eigenvalue weighted by Gasteiger charge is 2.47. The third kappa shape index (κ3) is 2.77. The lowest BCUT2D eigenvalue weighted by Crippen LogP contribution is -2.48. The monoisotopic (exact) mass is 287 g/mol. The number of halogens is 3. The molecule has 2 nitrogen and oxygen atoms in total. The van der Waals surface area contributed by atoms with Crippen LogP contribution >= 0.6 is 0 Å². The summed E-state index contributed by atoms with van der Waals surface area (Å²) in [6, 6.07) is 6.43. The van der Waals surface area contributed by atoms with Gasteiger partial charge in [-0.25, -0.2) is 0 Å². The maximum atomic E-state index is 12.6. The first-order valence-corrected chi connectivity index (χ1v) is 6.76. The van der Waals surface area contributed by atoms with Crippen LogP contribution in [-0.4, -0.2) is 12.9 Å². The molecule has 1 aromatic rings. The predicted octanol–water partition coefficient (Wildman–Crippen LogP) is 4.21. The van der Waals surface area contributed by atoms with E-state index < -0.39 is 11.9 Å². The zero-order valence-electron chi connectivity index (χ0n) is 12.0. The summed E-state index contributed by atoms with van der Waals surface area (Å²) in [5.74, 6) is -0.107. The number of hydrogen-bond acceptors (Lipinski definition) is 2. The lowest BCUT2D eigenvalue weighted by atomic mass is 9.68. The topological polar surface area (TPSA) is 21.3 Å². The van der Waals surface area contributed by atoms with E-state index in [1.54, 1.807) is 18.2 Å². The molecule has 1 fully saturated rings. The van der Waals surface area contributed by atoms with Crippen molar-refractivity contribution in [2.24, 2.45) is 5.41 Å². The van der Waals surface area contributed by atoms with Gasteiger partial charge in [0, 0.05) is 5.56 Å². The number of para-hydroxylation sites is 1. The summed E-state index contributed by atoms with van der Waals surface area (Å²) in [7, 11) is 0. The van der Waals surface area contributed by atoms with Crippen LogP contribution < -0.4 is 10.1 Å². The summed E-state index contributed by atoms with van der Waals surface area (Å²) in [5, 5.41) is 3.41. The van der Waals surface area contributed by atoms with Gasteiger partial charge in [0.05, 0.1) is 5.54 Å².